The van der Waals surface area contributed by atoms with Gasteiger partial charge in [0.25, 0.3) is 5.91 Å². The van der Waals surface area contributed by atoms with Crippen molar-refractivity contribution in [3.8, 4) is 0 Å². The topological polar surface area (TPSA) is 23.6 Å². The zero-order valence-electron chi connectivity index (χ0n) is 12.0. The Morgan fingerprint density at radius 2 is 2.15 bits per heavy atom. The second-order valence-corrected chi connectivity index (χ2v) is 6.25. The molecule has 0 spiro atoms. The van der Waals surface area contributed by atoms with Crippen LogP contribution in [0.2, 0.25) is 0 Å². The standard InChI is InChI=1S/C15H20N2OS2/c1-3-4-5-6-9-17-14(18)13(16(2)15(17)19)11-12-8-7-10-20-12/h7-8,10-11H,3-6,9H2,1-2H3. The number of amides is 1. The number of nitrogens with zero attached hydrogens (tertiary/aromatic N) is 2. The van der Waals surface area contributed by atoms with Crippen LogP contribution < -0.4 is 0 Å². The smallest absolute Gasteiger partial charge is 0.276 e. The molecule has 5 heteroatoms. The molecule has 3 nitrogen and oxygen atoms in total. The van der Waals surface area contributed by atoms with E-state index >= 15 is 0 Å². The summed E-state index contributed by atoms with van der Waals surface area (Å²) < 4.78 is 0. The van der Waals surface area contributed by atoms with Gasteiger partial charge in [-0.1, -0.05) is 32.3 Å². The molecule has 1 aliphatic heterocycles. The Hall–Kier alpha value is -1.20. The molecule has 1 amide bonds. The van der Waals surface area contributed by atoms with Gasteiger partial charge in [0.15, 0.2) is 5.11 Å². The molecule has 0 aromatic carbocycles. The van der Waals surface area contributed by atoms with Crippen LogP contribution in [0, 0.1) is 0 Å². The molecule has 1 fully saturated rings. The Morgan fingerprint density at radius 3 is 2.80 bits per heavy atom. The largest absolute Gasteiger partial charge is 0.317 e. The first-order chi connectivity index (χ1) is 9.65. The fraction of sp³-hybridized carbons (Fsp3) is 0.467. The number of hydrogen-bond acceptors (Lipinski definition) is 3. The molecule has 2 heterocycles. The van der Waals surface area contributed by atoms with Crippen molar-refractivity contribution in [2.24, 2.45) is 0 Å². The number of rotatable bonds is 6. The van der Waals surface area contributed by atoms with Gasteiger partial charge in [0, 0.05) is 18.5 Å². The van der Waals surface area contributed by atoms with E-state index in [1.54, 1.807) is 16.2 Å². The molecule has 1 saturated heterocycles. The van der Waals surface area contributed by atoms with Crippen molar-refractivity contribution < 1.29 is 4.79 Å². The normalized spacial score (nSPS) is 17.6. The van der Waals surface area contributed by atoms with Gasteiger partial charge in [0.2, 0.25) is 0 Å². The summed E-state index contributed by atoms with van der Waals surface area (Å²) in [5.41, 5.74) is 0.674. The maximum Gasteiger partial charge on any atom is 0.276 e. The van der Waals surface area contributed by atoms with E-state index in [2.05, 4.69) is 6.92 Å². The Bertz CT molecular complexity index is 508. The molecule has 0 N–H and O–H groups in total. The van der Waals surface area contributed by atoms with Crippen LogP contribution >= 0.6 is 23.6 Å². The third-order valence-corrected chi connectivity index (χ3v) is 4.71. The van der Waals surface area contributed by atoms with Gasteiger partial charge in [-0.15, -0.1) is 11.3 Å². The molecular weight excluding hydrogens is 288 g/mol. The van der Waals surface area contributed by atoms with E-state index in [1.165, 1.54) is 12.8 Å². The highest BCUT2D eigenvalue weighted by Crippen LogP contribution is 2.24. The molecule has 0 unspecified atom stereocenters. The third kappa shape index (κ3) is 3.27. The van der Waals surface area contributed by atoms with E-state index in [4.69, 9.17) is 12.2 Å². The highest BCUT2D eigenvalue weighted by molar-refractivity contribution is 7.80. The molecule has 1 aromatic rings. The summed E-state index contributed by atoms with van der Waals surface area (Å²) in [4.78, 5) is 17.1. The van der Waals surface area contributed by atoms with E-state index in [9.17, 15) is 4.79 Å². The van der Waals surface area contributed by atoms with Crippen LogP contribution in [0.4, 0.5) is 0 Å². The fourth-order valence-corrected chi connectivity index (χ4v) is 3.14. The molecule has 0 bridgehead atoms. The minimum atomic E-state index is 0.0300. The molecule has 20 heavy (non-hydrogen) atoms. The van der Waals surface area contributed by atoms with Gasteiger partial charge in [-0.2, -0.15) is 0 Å². The summed E-state index contributed by atoms with van der Waals surface area (Å²) in [7, 11) is 1.87. The number of carbonyl (C=O) groups is 1. The van der Waals surface area contributed by atoms with Crippen LogP contribution in [0.1, 0.15) is 37.5 Å². The zero-order valence-corrected chi connectivity index (χ0v) is 13.6. The van der Waals surface area contributed by atoms with Gasteiger partial charge in [-0.3, -0.25) is 9.69 Å². The highest BCUT2D eigenvalue weighted by atomic mass is 32.1. The summed E-state index contributed by atoms with van der Waals surface area (Å²) in [6.45, 7) is 2.91. The van der Waals surface area contributed by atoms with Crippen molar-refractivity contribution in [1.29, 1.82) is 0 Å². The van der Waals surface area contributed by atoms with Crippen LogP contribution in [0.5, 0.6) is 0 Å². The molecule has 1 aromatic heterocycles. The number of likely N-dealkylation sites (N-methyl/N-ethyl adjacent to an activating group) is 1. The first-order valence-electron chi connectivity index (χ1n) is 7.00. The van der Waals surface area contributed by atoms with Crippen LogP contribution in [0.15, 0.2) is 23.2 Å². The lowest BCUT2D eigenvalue weighted by Crippen LogP contribution is -2.32. The predicted octanol–water partition coefficient (Wildman–Crippen LogP) is 3.73. The predicted molar refractivity (Wildman–Crippen MR) is 88.5 cm³/mol. The quantitative estimate of drug-likeness (QED) is 0.454. The number of thiocarbonyl (C=S) groups is 1. The molecule has 0 aliphatic carbocycles. The SMILES string of the molecule is CCCCCCN1C(=O)C(=Cc2cccs2)N(C)C1=S. The maximum atomic E-state index is 12.4. The second kappa shape index (κ2) is 6.99. The summed E-state index contributed by atoms with van der Waals surface area (Å²) >= 11 is 7.01. The first-order valence-corrected chi connectivity index (χ1v) is 8.28. The minimum absolute atomic E-state index is 0.0300. The third-order valence-electron chi connectivity index (χ3n) is 3.40. The van der Waals surface area contributed by atoms with Gasteiger partial charge >= 0.3 is 0 Å². The molecule has 0 atom stereocenters. The number of unbranched alkanes of at least 4 members (excludes halogenated alkanes) is 3. The van der Waals surface area contributed by atoms with Gasteiger partial charge in [0.05, 0.1) is 0 Å². The molecule has 2 rings (SSSR count). The molecule has 0 radical (unpaired) electrons. The van der Waals surface area contributed by atoms with E-state index in [0.29, 0.717) is 10.8 Å². The van der Waals surface area contributed by atoms with E-state index in [1.807, 2.05) is 35.5 Å². The number of thiophene rings is 1. The van der Waals surface area contributed by atoms with Crippen molar-refractivity contribution in [3.05, 3.63) is 28.1 Å². The van der Waals surface area contributed by atoms with Crippen molar-refractivity contribution in [2.45, 2.75) is 32.6 Å². The van der Waals surface area contributed by atoms with E-state index in [-0.39, 0.29) is 5.91 Å². The van der Waals surface area contributed by atoms with Crippen LogP contribution in [0.3, 0.4) is 0 Å². The summed E-state index contributed by atoms with van der Waals surface area (Å²) in [6, 6.07) is 3.99. The lowest BCUT2D eigenvalue weighted by Gasteiger charge is -2.16. The molecule has 1 aliphatic rings. The van der Waals surface area contributed by atoms with Gasteiger partial charge in [-0.05, 0) is 36.2 Å². The van der Waals surface area contributed by atoms with Crippen LogP contribution in [-0.2, 0) is 4.79 Å². The van der Waals surface area contributed by atoms with Crippen molar-refractivity contribution >= 4 is 40.7 Å². The van der Waals surface area contributed by atoms with Crippen molar-refractivity contribution in [3.63, 3.8) is 0 Å². The fourth-order valence-electron chi connectivity index (χ4n) is 2.21. The lowest BCUT2D eigenvalue weighted by molar-refractivity contribution is -0.122. The van der Waals surface area contributed by atoms with E-state index < -0.39 is 0 Å². The first kappa shape index (κ1) is 15.2. The van der Waals surface area contributed by atoms with Gasteiger partial charge in [-0.25, -0.2) is 0 Å². The zero-order chi connectivity index (χ0) is 14.5. The summed E-state index contributed by atoms with van der Waals surface area (Å²) in [5, 5.41) is 2.63. The summed E-state index contributed by atoms with van der Waals surface area (Å²) in [5.74, 6) is 0.0300. The van der Waals surface area contributed by atoms with Gasteiger partial charge < -0.3 is 4.90 Å². The Labute approximate surface area is 129 Å². The maximum absolute atomic E-state index is 12.4. The number of hydrogen-bond donors (Lipinski definition) is 0. The molecule has 108 valence electrons. The molecular formula is C15H20N2OS2. The average molecular weight is 308 g/mol. The monoisotopic (exact) mass is 308 g/mol. The van der Waals surface area contributed by atoms with Gasteiger partial charge in [0.1, 0.15) is 5.70 Å². The Balaban J connectivity index is 2.06. The van der Waals surface area contributed by atoms with E-state index in [0.717, 1.165) is 24.3 Å². The minimum Gasteiger partial charge on any atom is -0.317 e. The van der Waals surface area contributed by atoms with Crippen LogP contribution in [0.25, 0.3) is 6.08 Å². The Kier molecular flexibility index (Phi) is 5.31. The Morgan fingerprint density at radius 1 is 1.35 bits per heavy atom. The summed E-state index contributed by atoms with van der Waals surface area (Å²) in [6.07, 6.45) is 6.49. The lowest BCUT2D eigenvalue weighted by atomic mass is 10.2. The second-order valence-electron chi connectivity index (χ2n) is 4.90. The highest BCUT2D eigenvalue weighted by Gasteiger charge is 2.35. The van der Waals surface area contributed by atoms with Crippen LogP contribution in [-0.4, -0.2) is 34.4 Å². The van der Waals surface area contributed by atoms with Crippen molar-refractivity contribution in [2.75, 3.05) is 13.6 Å². The van der Waals surface area contributed by atoms with Crippen molar-refractivity contribution in [1.82, 2.24) is 9.80 Å². The molecule has 0 saturated carbocycles. The average Bonchev–Trinajstić information content (AvgIpc) is 3.01. The number of carbonyl (C=O) groups excluding carboxylic acids is 1.